The molecule has 0 bridgehead atoms. The molecule has 1 aliphatic carbocycles. The van der Waals surface area contributed by atoms with E-state index in [1.165, 1.54) is 43.4 Å². The maximum Gasteiger partial charge on any atom is 0.191 e. The van der Waals surface area contributed by atoms with Crippen LogP contribution in [0.1, 0.15) is 44.1 Å². The Kier molecular flexibility index (Phi) is 10.7. The topological polar surface area (TPSA) is 48.9 Å². The van der Waals surface area contributed by atoms with Crippen LogP contribution in [0.25, 0.3) is 0 Å². The van der Waals surface area contributed by atoms with Gasteiger partial charge in [0.2, 0.25) is 0 Å². The van der Waals surface area contributed by atoms with Gasteiger partial charge >= 0.3 is 0 Å². The van der Waals surface area contributed by atoms with Crippen molar-refractivity contribution in [1.82, 2.24) is 10.6 Å². The molecule has 0 unspecified atom stereocenters. The smallest absolute Gasteiger partial charge is 0.191 e. The first-order chi connectivity index (χ1) is 13.3. The molecule has 2 aliphatic rings. The van der Waals surface area contributed by atoms with Crippen LogP contribution in [-0.2, 0) is 11.3 Å². The van der Waals surface area contributed by atoms with Crippen molar-refractivity contribution >= 4 is 35.6 Å². The summed E-state index contributed by atoms with van der Waals surface area (Å²) in [5.41, 5.74) is 2.55. The van der Waals surface area contributed by atoms with Gasteiger partial charge in [-0.2, -0.15) is 0 Å². The Morgan fingerprint density at radius 2 is 1.93 bits per heavy atom. The number of hydrogen-bond donors (Lipinski definition) is 2. The lowest BCUT2D eigenvalue weighted by molar-refractivity contribution is 0.0277. The van der Waals surface area contributed by atoms with Gasteiger partial charge in [-0.1, -0.05) is 43.5 Å². The fraction of sp³-hybridized carbons (Fsp3) is 0.591. The van der Waals surface area contributed by atoms with Gasteiger partial charge in [0.15, 0.2) is 5.96 Å². The van der Waals surface area contributed by atoms with E-state index in [4.69, 9.17) is 4.74 Å². The fourth-order valence-corrected chi connectivity index (χ4v) is 3.72. The Balaban J connectivity index is 0.00000280. The minimum atomic E-state index is 0. The van der Waals surface area contributed by atoms with Crippen molar-refractivity contribution in [2.75, 3.05) is 38.2 Å². The van der Waals surface area contributed by atoms with Crippen LogP contribution in [0.2, 0.25) is 0 Å². The highest BCUT2D eigenvalue weighted by Crippen LogP contribution is 2.20. The maximum atomic E-state index is 5.98. The van der Waals surface area contributed by atoms with E-state index in [1.807, 2.05) is 7.05 Å². The number of anilines is 1. The molecule has 1 saturated carbocycles. The molecular formula is C22H35IN4O. The Labute approximate surface area is 187 Å². The number of nitrogens with zero attached hydrogens (tertiary/aromatic N) is 2. The SMILES string of the molecule is CN=C(NCCCOC1CCCCC1)NCc1cccc(N2CC=CC2)c1.I. The van der Waals surface area contributed by atoms with Crippen LogP contribution < -0.4 is 15.5 Å². The van der Waals surface area contributed by atoms with Crippen molar-refractivity contribution in [3.63, 3.8) is 0 Å². The van der Waals surface area contributed by atoms with Gasteiger partial charge in [-0.05, 0) is 37.0 Å². The first-order valence-corrected chi connectivity index (χ1v) is 10.4. The van der Waals surface area contributed by atoms with Gasteiger partial charge < -0.3 is 20.3 Å². The fourth-order valence-electron chi connectivity index (χ4n) is 3.72. The Hall–Kier alpha value is -1.28. The average Bonchev–Trinajstić information content (AvgIpc) is 3.26. The third-order valence-electron chi connectivity index (χ3n) is 5.30. The van der Waals surface area contributed by atoms with Crippen molar-refractivity contribution in [3.8, 4) is 0 Å². The van der Waals surface area contributed by atoms with Crippen LogP contribution in [0.3, 0.4) is 0 Å². The van der Waals surface area contributed by atoms with Crippen LogP contribution in [0.15, 0.2) is 41.4 Å². The van der Waals surface area contributed by atoms with Gasteiger partial charge in [-0.15, -0.1) is 24.0 Å². The zero-order chi connectivity index (χ0) is 18.7. The lowest BCUT2D eigenvalue weighted by atomic mass is 9.98. The molecule has 0 spiro atoms. The molecule has 3 rings (SSSR count). The molecule has 0 amide bonds. The second-order valence-corrected chi connectivity index (χ2v) is 7.38. The molecule has 6 heteroatoms. The first kappa shape index (κ1) is 23.0. The summed E-state index contributed by atoms with van der Waals surface area (Å²) in [6, 6.07) is 8.72. The highest BCUT2D eigenvalue weighted by Gasteiger charge is 2.13. The summed E-state index contributed by atoms with van der Waals surface area (Å²) >= 11 is 0. The van der Waals surface area contributed by atoms with Crippen LogP contribution in [-0.4, -0.2) is 45.4 Å². The van der Waals surface area contributed by atoms with Gasteiger partial charge in [0.1, 0.15) is 0 Å². The van der Waals surface area contributed by atoms with Crippen LogP contribution in [0.4, 0.5) is 5.69 Å². The third-order valence-corrected chi connectivity index (χ3v) is 5.30. The van der Waals surface area contributed by atoms with E-state index >= 15 is 0 Å². The number of guanidine groups is 1. The molecule has 0 saturated heterocycles. The third kappa shape index (κ3) is 7.62. The van der Waals surface area contributed by atoms with Gasteiger partial charge in [0.05, 0.1) is 6.10 Å². The van der Waals surface area contributed by atoms with E-state index in [-0.39, 0.29) is 24.0 Å². The highest BCUT2D eigenvalue weighted by molar-refractivity contribution is 14.0. The van der Waals surface area contributed by atoms with Crippen molar-refractivity contribution < 1.29 is 4.74 Å². The van der Waals surface area contributed by atoms with Crippen LogP contribution in [0.5, 0.6) is 0 Å². The summed E-state index contributed by atoms with van der Waals surface area (Å²) in [7, 11) is 1.82. The van der Waals surface area contributed by atoms with Gasteiger partial charge in [0.25, 0.3) is 0 Å². The van der Waals surface area contributed by atoms with Crippen LogP contribution in [0, 0.1) is 0 Å². The lowest BCUT2D eigenvalue weighted by Crippen LogP contribution is -2.37. The predicted octanol–water partition coefficient (Wildman–Crippen LogP) is 4.09. The van der Waals surface area contributed by atoms with Gasteiger partial charge in [0, 0.05) is 45.5 Å². The molecule has 0 radical (unpaired) electrons. The van der Waals surface area contributed by atoms with E-state index in [2.05, 4.69) is 56.9 Å². The second-order valence-electron chi connectivity index (χ2n) is 7.38. The summed E-state index contributed by atoms with van der Waals surface area (Å²) in [6.45, 7) is 4.49. The molecule has 156 valence electrons. The molecule has 2 N–H and O–H groups in total. The monoisotopic (exact) mass is 498 g/mol. The van der Waals surface area contributed by atoms with E-state index in [1.54, 1.807) is 0 Å². The number of rotatable bonds is 8. The Morgan fingerprint density at radius 1 is 1.14 bits per heavy atom. The Morgan fingerprint density at radius 3 is 2.68 bits per heavy atom. The molecule has 1 aromatic rings. The van der Waals surface area contributed by atoms with Crippen molar-refractivity contribution in [3.05, 3.63) is 42.0 Å². The number of nitrogens with one attached hydrogen (secondary N) is 2. The molecule has 28 heavy (non-hydrogen) atoms. The normalized spacial score (nSPS) is 17.5. The molecule has 0 atom stereocenters. The van der Waals surface area contributed by atoms with Gasteiger partial charge in [-0.3, -0.25) is 4.99 Å². The number of hydrogen-bond acceptors (Lipinski definition) is 3. The number of benzene rings is 1. The zero-order valence-electron chi connectivity index (χ0n) is 17.0. The molecule has 5 nitrogen and oxygen atoms in total. The summed E-state index contributed by atoms with van der Waals surface area (Å²) in [5.74, 6) is 0.848. The Bertz CT molecular complexity index is 621. The average molecular weight is 498 g/mol. The predicted molar refractivity (Wildman–Crippen MR) is 129 cm³/mol. The minimum absolute atomic E-state index is 0. The maximum absolute atomic E-state index is 5.98. The minimum Gasteiger partial charge on any atom is -0.378 e. The van der Waals surface area contributed by atoms with Gasteiger partial charge in [-0.25, -0.2) is 0 Å². The molecule has 1 fully saturated rings. The number of halogens is 1. The number of aliphatic imine (C=N–C) groups is 1. The quantitative estimate of drug-likeness (QED) is 0.187. The molecule has 1 heterocycles. The van der Waals surface area contributed by atoms with Crippen molar-refractivity contribution in [1.29, 1.82) is 0 Å². The summed E-state index contributed by atoms with van der Waals surface area (Å²) in [5, 5.41) is 6.79. The standard InChI is InChI=1S/C22H34N4O.HI/c1-23-22(24-13-8-16-27-21-11-3-2-4-12-21)25-18-19-9-7-10-20(17-19)26-14-5-6-15-26;/h5-7,9-10,17,21H,2-4,8,11-16,18H2,1H3,(H2,23,24,25);1H. The molecule has 1 aliphatic heterocycles. The van der Waals surface area contributed by atoms with E-state index in [9.17, 15) is 0 Å². The van der Waals surface area contributed by atoms with Crippen molar-refractivity contribution in [2.24, 2.45) is 4.99 Å². The first-order valence-electron chi connectivity index (χ1n) is 10.4. The summed E-state index contributed by atoms with van der Waals surface area (Å²) in [4.78, 5) is 6.69. The highest BCUT2D eigenvalue weighted by atomic mass is 127. The number of ether oxygens (including phenoxy) is 1. The van der Waals surface area contributed by atoms with Crippen molar-refractivity contribution in [2.45, 2.75) is 51.2 Å². The lowest BCUT2D eigenvalue weighted by Gasteiger charge is -2.22. The zero-order valence-corrected chi connectivity index (χ0v) is 19.4. The molecular weight excluding hydrogens is 463 g/mol. The summed E-state index contributed by atoms with van der Waals surface area (Å²) < 4.78 is 5.98. The summed E-state index contributed by atoms with van der Waals surface area (Å²) in [6.07, 6.45) is 12.4. The van der Waals surface area contributed by atoms with Crippen LogP contribution >= 0.6 is 24.0 Å². The largest absolute Gasteiger partial charge is 0.378 e. The van der Waals surface area contributed by atoms with E-state index in [0.29, 0.717) is 6.10 Å². The molecule has 1 aromatic carbocycles. The van der Waals surface area contributed by atoms with E-state index in [0.717, 1.165) is 45.2 Å². The molecule has 0 aromatic heterocycles. The van der Waals surface area contributed by atoms with E-state index < -0.39 is 0 Å². The second kappa shape index (κ2) is 13.0.